The quantitative estimate of drug-likeness (QED) is 0.801. The molecule has 0 atom stereocenters. The third-order valence-electron chi connectivity index (χ3n) is 2.48. The molecule has 0 heterocycles. The summed E-state index contributed by atoms with van der Waals surface area (Å²) in [5, 5.41) is 0. The maximum absolute atomic E-state index is 11.2. The van der Waals surface area contributed by atoms with E-state index >= 15 is 0 Å². The number of rotatable bonds is 3. The zero-order valence-electron chi connectivity index (χ0n) is 8.94. The zero-order chi connectivity index (χ0) is 12.3. The Labute approximate surface area is 98.9 Å². The lowest BCUT2D eigenvalue weighted by atomic mass is 9.94. The molecular formula is C14H9NO2. The molecule has 1 amide bonds. The number of hydrogen-bond donors (Lipinski definition) is 0. The summed E-state index contributed by atoms with van der Waals surface area (Å²) in [6, 6.07) is 13.8. The smallest absolute Gasteiger partial charge is 0.270 e. The van der Waals surface area contributed by atoms with Gasteiger partial charge in [0.05, 0.1) is 0 Å². The van der Waals surface area contributed by atoms with Gasteiger partial charge in [-0.2, -0.15) is 0 Å². The molecule has 2 aromatic rings. The van der Waals surface area contributed by atoms with Gasteiger partial charge in [0, 0.05) is 16.7 Å². The Bertz CT molecular complexity index is 562. The number of nitrogens with one attached hydrogen (secondary N) is 1. The summed E-state index contributed by atoms with van der Waals surface area (Å²) in [4.78, 5) is 22.1. The maximum atomic E-state index is 11.2. The van der Waals surface area contributed by atoms with Crippen LogP contribution in [0.1, 0.15) is 15.9 Å². The number of hydrogen-bond acceptors (Lipinski definition) is 2. The summed E-state index contributed by atoms with van der Waals surface area (Å²) in [5.74, 6) is -0.805. The largest absolute Gasteiger partial charge is 0.285 e. The first-order valence-electron chi connectivity index (χ1n) is 5.06. The second-order valence-corrected chi connectivity index (χ2v) is 3.53. The van der Waals surface area contributed by atoms with E-state index in [1.165, 1.54) is 0 Å². The molecule has 0 spiro atoms. The first kappa shape index (κ1) is 11.1. The van der Waals surface area contributed by atoms with Crippen molar-refractivity contribution < 1.29 is 9.59 Å². The Hall–Kier alpha value is -2.42. The Morgan fingerprint density at radius 2 is 1.71 bits per heavy atom. The van der Waals surface area contributed by atoms with E-state index in [-0.39, 0.29) is 5.56 Å². The number of carbonyl (C=O) groups is 1. The van der Waals surface area contributed by atoms with E-state index in [1.807, 2.05) is 18.2 Å². The van der Waals surface area contributed by atoms with Gasteiger partial charge < -0.3 is 0 Å². The van der Waals surface area contributed by atoms with Crippen LogP contribution >= 0.6 is 0 Å². The van der Waals surface area contributed by atoms with Gasteiger partial charge in [-0.05, 0) is 11.6 Å². The Kier molecular flexibility index (Phi) is 3.01. The second kappa shape index (κ2) is 4.61. The van der Waals surface area contributed by atoms with Gasteiger partial charge in [0.15, 0.2) is 0 Å². The highest BCUT2D eigenvalue weighted by molar-refractivity contribution is 6.03. The van der Waals surface area contributed by atoms with Gasteiger partial charge in [-0.3, -0.25) is 15.3 Å². The van der Waals surface area contributed by atoms with Crippen molar-refractivity contribution in [2.75, 3.05) is 0 Å². The topological polar surface area (TPSA) is 57.9 Å². The molecule has 0 unspecified atom stereocenters. The van der Waals surface area contributed by atoms with E-state index in [1.54, 1.807) is 36.6 Å². The third kappa shape index (κ3) is 2.08. The lowest BCUT2D eigenvalue weighted by Crippen LogP contribution is -2.04. The normalized spacial score (nSPS) is 9.88. The minimum absolute atomic E-state index is 0.219. The maximum Gasteiger partial charge on any atom is 0.270 e. The van der Waals surface area contributed by atoms with E-state index in [2.05, 4.69) is 0 Å². The number of benzene rings is 2. The molecule has 2 aromatic carbocycles. The van der Waals surface area contributed by atoms with E-state index in [4.69, 9.17) is 5.73 Å². The third-order valence-corrected chi connectivity index (χ3v) is 2.48. The Balaban J connectivity index is 2.73. The molecular weight excluding hydrogens is 214 g/mol. The SMILES string of the molecule is [NH]C(=O)c1cccc([C]=O)c1-c1ccccc1. The molecule has 3 heteroatoms. The van der Waals surface area contributed by atoms with Gasteiger partial charge in [-0.15, -0.1) is 0 Å². The average molecular weight is 223 g/mol. The minimum atomic E-state index is -0.805. The predicted octanol–water partition coefficient (Wildman–Crippen LogP) is 2.23. The monoisotopic (exact) mass is 223 g/mol. The van der Waals surface area contributed by atoms with Crippen LogP contribution in [-0.4, -0.2) is 12.2 Å². The molecule has 1 N–H and O–H groups in total. The van der Waals surface area contributed by atoms with Crippen LogP contribution in [0, 0.1) is 0 Å². The van der Waals surface area contributed by atoms with Gasteiger partial charge in [0.25, 0.3) is 5.91 Å². The summed E-state index contributed by atoms with van der Waals surface area (Å²) in [5.41, 5.74) is 8.94. The number of carbonyl (C=O) groups excluding carboxylic acids is 2. The van der Waals surface area contributed by atoms with E-state index in [0.717, 1.165) is 5.56 Å². The lowest BCUT2D eigenvalue weighted by molar-refractivity contribution is 0.0992. The van der Waals surface area contributed by atoms with Gasteiger partial charge in [-0.1, -0.05) is 42.5 Å². The molecule has 17 heavy (non-hydrogen) atoms. The van der Waals surface area contributed by atoms with Crippen molar-refractivity contribution in [3.63, 3.8) is 0 Å². The fraction of sp³-hybridized carbons (Fsp3) is 0. The van der Waals surface area contributed by atoms with Crippen molar-refractivity contribution in [3.8, 4) is 11.1 Å². The summed E-state index contributed by atoms with van der Waals surface area (Å²) < 4.78 is 0. The lowest BCUT2D eigenvalue weighted by Gasteiger charge is -2.08. The van der Waals surface area contributed by atoms with Crippen molar-refractivity contribution in [1.82, 2.24) is 5.73 Å². The molecule has 2 rings (SSSR count). The molecule has 0 aliphatic carbocycles. The van der Waals surface area contributed by atoms with Crippen LogP contribution in [0.15, 0.2) is 48.5 Å². The molecule has 0 aliphatic rings. The Morgan fingerprint density at radius 1 is 1.00 bits per heavy atom. The van der Waals surface area contributed by atoms with E-state index < -0.39 is 5.91 Å². The van der Waals surface area contributed by atoms with Gasteiger partial charge in [0.2, 0.25) is 6.29 Å². The van der Waals surface area contributed by atoms with Crippen molar-refractivity contribution in [2.45, 2.75) is 0 Å². The molecule has 2 radical (unpaired) electrons. The zero-order valence-corrected chi connectivity index (χ0v) is 8.94. The highest BCUT2D eigenvalue weighted by Gasteiger charge is 2.14. The van der Waals surface area contributed by atoms with Gasteiger partial charge in [-0.25, -0.2) is 0 Å². The second-order valence-electron chi connectivity index (χ2n) is 3.53. The molecule has 3 nitrogen and oxygen atoms in total. The van der Waals surface area contributed by atoms with Crippen LogP contribution in [-0.2, 0) is 4.79 Å². The first-order valence-corrected chi connectivity index (χ1v) is 5.06. The molecule has 0 aromatic heterocycles. The highest BCUT2D eigenvalue weighted by atomic mass is 16.1. The standard InChI is InChI=1S/C14H9NO2/c15-14(17)12-8-4-7-11(9-16)13(12)10-5-2-1-3-6-10/h1-8,15H. The molecule has 0 bridgehead atoms. The molecule has 0 saturated carbocycles. The van der Waals surface area contributed by atoms with E-state index in [0.29, 0.717) is 11.1 Å². The highest BCUT2D eigenvalue weighted by Crippen LogP contribution is 2.26. The summed E-state index contributed by atoms with van der Waals surface area (Å²) >= 11 is 0. The van der Waals surface area contributed by atoms with Crippen molar-refractivity contribution >= 4 is 12.2 Å². The van der Waals surface area contributed by atoms with Gasteiger partial charge in [0.1, 0.15) is 0 Å². The summed E-state index contributed by atoms with van der Waals surface area (Å²) in [6.07, 6.45) is 1.80. The minimum Gasteiger partial charge on any atom is -0.285 e. The van der Waals surface area contributed by atoms with Crippen molar-refractivity contribution in [3.05, 3.63) is 59.7 Å². The van der Waals surface area contributed by atoms with Crippen LogP contribution in [0.5, 0.6) is 0 Å². The summed E-state index contributed by atoms with van der Waals surface area (Å²) in [6.45, 7) is 0. The molecule has 82 valence electrons. The fourth-order valence-electron chi connectivity index (χ4n) is 1.74. The van der Waals surface area contributed by atoms with Crippen LogP contribution < -0.4 is 5.73 Å². The van der Waals surface area contributed by atoms with E-state index in [9.17, 15) is 9.59 Å². The Morgan fingerprint density at radius 3 is 2.29 bits per heavy atom. The predicted molar refractivity (Wildman–Crippen MR) is 64.1 cm³/mol. The van der Waals surface area contributed by atoms with Crippen molar-refractivity contribution in [2.24, 2.45) is 0 Å². The first-order chi connectivity index (χ1) is 8.24. The number of amides is 1. The summed E-state index contributed by atoms with van der Waals surface area (Å²) in [7, 11) is 0. The average Bonchev–Trinajstić information content (AvgIpc) is 2.38. The fourth-order valence-corrected chi connectivity index (χ4v) is 1.74. The molecule has 0 aliphatic heterocycles. The van der Waals surface area contributed by atoms with Crippen LogP contribution in [0.25, 0.3) is 11.1 Å². The van der Waals surface area contributed by atoms with Gasteiger partial charge >= 0.3 is 0 Å². The molecule has 0 saturated heterocycles. The van der Waals surface area contributed by atoms with Crippen LogP contribution in [0.3, 0.4) is 0 Å². The molecule has 0 fully saturated rings. The van der Waals surface area contributed by atoms with Crippen LogP contribution in [0.2, 0.25) is 0 Å². The van der Waals surface area contributed by atoms with Crippen molar-refractivity contribution in [1.29, 1.82) is 0 Å². The van der Waals surface area contributed by atoms with Crippen LogP contribution in [0.4, 0.5) is 0 Å².